The Hall–Kier alpha value is -3.99. The van der Waals surface area contributed by atoms with Crippen LogP contribution in [-0.4, -0.2) is 40.1 Å². The molecular weight excluding hydrogens is 410 g/mol. The molecule has 2 aromatic carbocycles. The molecule has 168 valence electrons. The monoisotopic (exact) mass is 437 g/mol. The van der Waals surface area contributed by atoms with Crippen LogP contribution in [0.15, 0.2) is 54.6 Å². The maximum absolute atomic E-state index is 13.1. The number of nitrogens with zero attached hydrogens (tertiary/aromatic N) is 1. The second kappa shape index (κ2) is 10.9. The minimum absolute atomic E-state index is 0.0836. The average Bonchev–Trinajstić information content (AvgIpc) is 2.73. The maximum Gasteiger partial charge on any atom is 0.408 e. The lowest BCUT2D eigenvalue weighted by atomic mass is 10.0. The Bertz CT molecular complexity index is 993. The van der Waals surface area contributed by atoms with Crippen molar-refractivity contribution in [3.8, 4) is 18.2 Å². The first-order valence-corrected chi connectivity index (χ1v) is 9.96. The highest BCUT2D eigenvalue weighted by Crippen LogP contribution is 2.24. The first-order chi connectivity index (χ1) is 15.1. The second-order valence-electron chi connectivity index (χ2n) is 7.95. The zero-order chi connectivity index (χ0) is 23.7. The van der Waals surface area contributed by atoms with E-state index in [-0.39, 0.29) is 12.3 Å². The minimum Gasteiger partial charge on any atom is -0.508 e. The van der Waals surface area contributed by atoms with Gasteiger partial charge in [-0.15, -0.1) is 0 Å². The van der Waals surface area contributed by atoms with Gasteiger partial charge in [-0.2, -0.15) is 0 Å². The maximum atomic E-state index is 13.1. The predicted octanol–water partition coefficient (Wildman–Crippen LogP) is 2.69. The molecule has 2 aromatic rings. The molecule has 0 aliphatic heterocycles. The van der Waals surface area contributed by atoms with Gasteiger partial charge in [-0.05, 0) is 44.0 Å². The van der Waals surface area contributed by atoms with E-state index in [1.165, 1.54) is 12.1 Å². The molecule has 2 rings (SSSR count). The number of ether oxygens (including phenoxy) is 1. The third kappa shape index (κ3) is 7.36. The summed E-state index contributed by atoms with van der Waals surface area (Å²) in [4.78, 5) is 38.6. The van der Waals surface area contributed by atoms with Crippen molar-refractivity contribution in [2.24, 2.45) is 0 Å². The SMILES string of the molecule is C#CN(C(=O)CNC(=O)OC(C)(C)C)C(C(=O)NCc1ccccc1)c1cccc(O)c1. The van der Waals surface area contributed by atoms with Gasteiger partial charge in [0, 0.05) is 12.6 Å². The second-order valence-corrected chi connectivity index (χ2v) is 7.95. The van der Waals surface area contributed by atoms with E-state index >= 15 is 0 Å². The highest BCUT2D eigenvalue weighted by atomic mass is 16.6. The summed E-state index contributed by atoms with van der Waals surface area (Å²) < 4.78 is 5.11. The number of phenolic OH excluding ortho intramolecular Hbond substituents is 1. The number of carbonyl (C=O) groups is 3. The number of amides is 3. The molecule has 1 atom stereocenters. The number of carbonyl (C=O) groups excluding carboxylic acids is 3. The van der Waals surface area contributed by atoms with Crippen LogP contribution in [0.5, 0.6) is 5.75 Å². The van der Waals surface area contributed by atoms with E-state index in [1.807, 2.05) is 30.3 Å². The van der Waals surface area contributed by atoms with Crippen LogP contribution in [0.25, 0.3) is 0 Å². The molecule has 0 heterocycles. The number of alkyl carbamates (subject to hydrolysis) is 1. The number of benzene rings is 2. The van der Waals surface area contributed by atoms with Crippen LogP contribution < -0.4 is 10.6 Å². The summed E-state index contributed by atoms with van der Waals surface area (Å²) >= 11 is 0. The molecule has 0 saturated heterocycles. The summed E-state index contributed by atoms with van der Waals surface area (Å²) in [6, 6.07) is 16.1. The van der Waals surface area contributed by atoms with Gasteiger partial charge in [0.25, 0.3) is 5.91 Å². The Labute approximate surface area is 187 Å². The van der Waals surface area contributed by atoms with Crippen molar-refractivity contribution in [2.75, 3.05) is 6.54 Å². The van der Waals surface area contributed by atoms with Gasteiger partial charge in [-0.3, -0.25) is 14.5 Å². The number of rotatable bonds is 7. The number of nitrogens with one attached hydrogen (secondary N) is 2. The summed E-state index contributed by atoms with van der Waals surface area (Å²) in [5.41, 5.74) is 0.445. The van der Waals surface area contributed by atoms with Crippen molar-refractivity contribution < 1.29 is 24.2 Å². The molecule has 3 amide bonds. The zero-order valence-electron chi connectivity index (χ0n) is 18.3. The van der Waals surface area contributed by atoms with Crippen LogP contribution >= 0.6 is 0 Å². The number of hydrogen-bond donors (Lipinski definition) is 3. The molecule has 1 unspecified atom stereocenters. The van der Waals surface area contributed by atoms with Gasteiger partial charge in [-0.25, -0.2) is 4.79 Å². The summed E-state index contributed by atoms with van der Waals surface area (Å²) in [5.74, 6) is -1.32. The fourth-order valence-electron chi connectivity index (χ4n) is 2.83. The Kier molecular flexibility index (Phi) is 8.24. The smallest absolute Gasteiger partial charge is 0.408 e. The average molecular weight is 437 g/mol. The van der Waals surface area contributed by atoms with Crippen LogP contribution in [0.1, 0.15) is 37.9 Å². The predicted molar refractivity (Wildman–Crippen MR) is 119 cm³/mol. The van der Waals surface area contributed by atoms with Crippen LogP contribution in [0.3, 0.4) is 0 Å². The Morgan fingerprint density at radius 3 is 2.38 bits per heavy atom. The molecule has 0 saturated carbocycles. The molecule has 0 spiro atoms. The molecule has 0 fully saturated rings. The molecule has 8 nitrogen and oxygen atoms in total. The van der Waals surface area contributed by atoms with Gasteiger partial charge in [-0.1, -0.05) is 48.9 Å². The quantitative estimate of drug-likeness (QED) is 0.456. The standard InChI is InChI=1S/C24H27N3O5/c1-5-27(20(29)16-26-23(31)32-24(2,3)4)21(18-12-9-13-19(28)14-18)22(30)25-15-17-10-7-6-8-11-17/h1,6-14,21,28H,15-16H2,2-4H3,(H,25,30)(H,26,31). The third-order valence-corrected chi connectivity index (χ3v) is 4.19. The molecule has 0 bridgehead atoms. The lowest BCUT2D eigenvalue weighted by Crippen LogP contribution is -2.45. The van der Waals surface area contributed by atoms with Crippen LogP contribution in [0.4, 0.5) is 4.79 Å². The largest absolute Gasteiger partial charge is 0.508 e. The summed E-state index contributed by atoms with van der Waals surface area (Å²) in [7, 11) is 0. The molecule has 0 radical (unpaired) electrons. The fourth-order valence-corrected chi connectivity index (χ4v) is 2.83. The number of hydrogen-bond acceptors (Lipinski definition) is 5. The van der Waals surface area contributed by atoms with E-state index in [0.717, 1.165) is 10.5 Å². The van der Waals surface area contributed by atoms with E-state index in [9.17, 15) is 19.5 Å². The highest BCUT2D eigenvalue weighted by molar-refractivity contribution is 5.91. The molecule has 3 N–H and O–H groups in total. The first-order valence-electron chi connectivity index (χ1n) is 9.96. The normalized spacial score (nSPS) is 11.6. The molecule has 0 aromatic heterocycles. The van der Waals surface area contributed by atoms with Crippen molar-refractivity contribution >= 4 is 17.9 Å². The molecule has 32 heavy (non-hydrogen) atoms. The van der Waals surface area contributed by atoms with Gasteiger partial charge in [0.1, 0.15) is 23.9 Å². The van der Waals surface area contributed by atoms with Gasteiger partial charge < -0.3 is 20.5 Å². The summed E-state index contributed by atoms with van der Waals surface area (Å²) in [5, 5.41) is 15.0. The van der Waals surface area contributed by atoms with Crippen molar-refractivity contribution in [1.82, 2.24) is 15.5 Å². The molecule has 0 aliphatic carbocycles. The minimum atomic E-state index is -1.22. The fraction of sp³-hybridized carbons (Fsp3) is 0.292. The van der Waals surface area contributed by atoms with E-state index in [2.05, 4.69) is 16.7 Å². The topological polar surface area (TPSA) is 108 Å². The lowest BCUT2D eigenvalue weighted by Gasteiger charge is -2.27. The van der Waals surface area contributed by atoms with Crippen LogP contribution in [0, 0.1) is 12.5 Å². The highest BCUT2D eigenvalue weighted by Gasteiger charge is 2.31. The van der Waals surface area contributed by atoms with E-state index in [0.29, 0.717) is 5.56 Å². The van der Waals surface area contributed by atoms with E-state index in [1.54, 1.807) is 32.9 Å². The molecular formula is C24H27N3O5. The summed E-state index contributed by atoms with van der Waals surface area (Å²) in [6.07, 6.45) is 4.79. The van der Waals surface area contributed by atoms with E-state index in [4.69, 9.17) is 11.2 Å². The number of phenols is 1. The van der Waals surface area contributed by atoms with Crippen molar-refractivity contribution in [3.63, 3.8) is 0 Å². The van der Waals surface area contributed by atoms with Gasteiger partial charge >= 0.3 is 6.09 Å². The Balaban J connectivity index is 2.20. The zero-order valence-corrected chi connectivity index (χ0v) is 18.3. The number of terminal acetylenes is 1. The lowest BCUT2D eigenvalue weighted by molar-refractivity contribution is -0.136. The van der Waals surface area contributed by atoms with Crippen LogP contribution in [0.2, 0.25) is 0 Å². The molecule has 8 heteroatoms. The van der Waals surface area contributed by atoms with Gasteiger partial charge in [0.2, 0.25) is 5.91 Å². The Morgan fingerprint density at radius 2 is 1.78 bits per heavy atom. The van der Waals surface area contributed by atoms with Crippen molar-refractivity contribution in [2.45, 2.75) is 39.0 Å². The molecule has 0 aliphatic rings. The van der Waals surface area contributed by atoms with Crippen LogP contribution in [-0.2, 0) is 20.9 Å². The van der Waals surface area contributed by atoms with Gasteiger partial charge in [0.15, 0.2) is 0 Å². The number of aromatic hydroxyl groups is 1. The van der Waals surface area contributed by atoms with Gasteiger partial charge in [0.05, 0.1) is 0 Å². The Morgan fingerprint density at radius 1 is 1.09 bits per heavy atom. The van der Waals surface area contributed by atoms with E-state index < -0.39 is 36.1 Å². The third-order valence-electron chi connectivity index (χ3n) is 4.19. The van der Waals surface area contributed by atoms with Crippen molar-refractivity contribution in [3.05, 3.63) is 65.7 Å². The summed E-state index contributed by atoms with van der Waals surface area (Å²) in [6.45, 7) is 4.82. The van der Waals surface area contributed by atoms with Crippen molar-refractivity contribution in [1.29, 1.82) is 0 Å². The first kappa shape index (κ1) is 24.3.